The highest BCUT2D eigenvalue weighted by Crippen LogP contribution is 2.31. The zero-order valence-electron chi connectivity index (χ0n) is 16.5. The fourth-order valence-corrected chi connectivity index (χ4v) is 2.86. The Morgan fingerprint density at radius 3 is 1.67 bits per heavy atom. The number of hydrogen-bond acceptors (Lipinski definition) is 2. The van der Waals surface area contributed by atoms with E-state index in [1.165, 1.54) is 27.9 Å². The third-order valence-corrected chi connectivity index (χ3v) is 4.90. The lowest BCUT2D eigenvalue weighted by atomic mass is 9.87. The smallest absolute Gasteiger partial charge is 0.0443 e. The molecule has 24 heavy (non-hydrogen) atoms. The first-order valence-corrected chi connectivity index (χ1v) is 8.73. The molecule has 0 fully saturated rings. The van der Waals surface area contributed by atoms with Crippen molar-refractivity contribution in [3.8, 4) is 0 Å². The Labute approximate surface area is 147 Å². The number of nitrogens with one attached hydrogen (secondary N) is 2. The van der Waals surface area contributed by atoms with E-state index in [1.54, 1.807) is 0 Å². The van der Waals surface area contributed by atoms with Crippen molar-refractivity contribution >= 4 is 11.4 Å². The normalized spacial score (nSPS) is 12.3. The Hall–Kier alpha value is -1.80. The molecule has 2 N–H and O–H groups in total. The Balaban J connectivity index is 2.31. The first-order chi connectivity index (χ1) is 11.0. The van der Waals surface area contributed by atoms with E-state index in [2.05, 4.69) is 95.5 Å². The van der Waals surface area contributed by atoms with Crippen molar-refractivity contribution in [2.45, 2.75) is 59.4 Å². The van der Waals surface area contributed by atoms with E-state index in [1.807, 2.05) is 7.05 Å². The van der Waals surface area contributed by atoms with E-state index in [9.17, 15) is 0 Å². The molecule has 2 aromatic rings. The van der Waals surface area contributed by atoms with Crippen LogP contribution in [0.15, 0.2) is 36.4 Å². The summed E-state index contributed by atoms with van der Waals surface area (Å²) in [4.78, 5) is 0. The summed E-state index contributed by atoms with van der Waals surface area (Å²) >= 11 is 0. The van der Waals surface area contributed by atoms with Gasteiger partial charge in [0.15, 0.2) is 0 Å². The number of hydrogen-bond donors (Lipinski definition) is 2. The minimum atomic E-state index is -0.0254. The number of aryl methyl sites for hydroxylation is 2. The molecule has 0 amide bonds. The zero-order valence-corrected chi connectivity index (χ0v) is 16.5. The van der Waals surface area contributed by atoms with Crippen LogP contribution in [-0.4, -0.2) is 7.05 Å². The van der Waals surface area contributed by atoms with Gasteiger partial charge in [0.25, 0.3) is 0 Å². The molecule has 0 bridgehead atoms. The highest BCUT2D eigenvalue weighted by Gasteiger charge is 2.19. The van der Waals surface area contributed by atoms with Crippen LogP contribution in [0, 0.1) is 13.8 Å². The minimum absolute atomic E-state index is 0.0254. The summed E-state index contributed by atoms with van der Waals surface area (Å²) in [6.45, 7) is 15.5. The predicted octanol–water partition coefficient (Wildman–Crippen LogP) is 5.80. The molecule has 0 aromatic heterocycles. The van der Waals surface area contributed by atoms with Crippen LogP contribution in [0.25, 0.3) is 0 Å². The molecule has 2 aromatic carbocycles. The van der Waals surface area contributed by atoms with E-state index in [0.29, 0.717) is 0 Å². The van der Waals surface area contributed by atoms with Gasteiger partial charge in [0, 0.05) is 16.9 Å². The topological polar surface area (TPSA) is 24.1 Å². The molecule has 0 saturated carbocycles. The molecular weight excluding hydrogens is 292 g/mol. The average Bonchev–Trinajstić information content (AvgIpc) is 2.50. The molecule has 0 unspecified atom stereocenters. The third kappa shape index (κ3) is 3.99. The van der Waals surface area contributed by atoms with Gasteiger partial charge in [-0.1, -0.05) is 45.0 Å². The maximum Gasteiger partial charge on any atom is 0.0443 e. The molecule has 0 aliphatic heterocycles. The second-order valence-electron chi connectivity index (χ2n) is 8.31. The molecule has 0 aliphatic rings. The molecule has 0 heterocycles. The first-order valence-electron chi connectivity index (χ1n) is 8.73. The number of benzene rings is 2. The van der Waals surface area contributed by atoms with Gasteiger partial charge in [-0.15, -0.1) is 0 Å². The standard InChI is InChI=1S/C22H32N2/c1-15-13-18(22(6,7)23-8)14-16(2)20(15)24-19-11-9-17(10-12-19)21(3,4)5/h9-14,23-24H,1-8H3. The van der Waals surface area contributed by atoms with Crippen molar-refractivity contribution in [3.05, 3.63) is 58.7 Å². The van der Waals surface area contributed by atoms with Gasteiger partial charge in [-0.25, -0.2) is 0 Å². The summed E-state index contributed by atoms with van der Waals surface area (Å²) in [5, 5.41) is 6.98. The SMILES string of the molecule is CNC(C)(C)c1cc(C)c(Nc2ccc(C(C)(C)C)cc2)c(C)c1. The largest absolute Gasteiger partial charge is 0.355 e. The van der Waals surface area contributed by atoms with Crippen molar-refractivity contribution in [2.24, 2.45) is 0 Å². The van der Waals surface area contributed by atoms with Crippen molar-refractivity contribution in [2.75, 3.05) is 12.4 Å². The average molecular weight is 325 g/mol. The van der Waals surface area contributed by atoms with Crippen LogP contribution in [0.3, 0.4) is 0 Å². The molecule has 0 spiro atoms. The Morgan fingerprint density at radius 1 is 0.750 bits per heavy atom. The highest BCUT2D eigenvalue weighted by molar-refractivity contribution is 5.67. The number of anilines is 2. The van der Waals surface area contributed by atoms with Gasteiger partial charge < -0.3 is 10.6 Å². The van der Waals surface area contributed by atoms with Crippen LogP contribution < -0.4 is 10.6 Å². The highest BCUT2D eigenvalue weighted by atomic mass is 14.9. The van der Waals surface area contributed by atoms with Crippen molar-refractivity contribution in [1.82, 2.24) is 5.32 Å². The monoisotopic (exact) mass is 324 g/mol. The van der Waals surface area contributed by atoms with Crippen LogP contribution in [0.2, 0.25) is 0 Å². The van der Waals surface area contributed by atoms with Gasteiger partial charge in [-0.3, -0.25) is 0 Å². The Kier molecular flexibility index (Phi) is 5.10. The number of rotatable bonds is 4. The molecule has 0 atom stereocenters. The van der Waals surface area contributed by atoms with Gasteiger partial charge in [-0.2, -0.15) is 0 Å². The lowest BCUT2D eigenvalue weighted by Crippen LogP contribution is -2.33. The summed E-state index contributed by atoms with van der Waals surface area (Å²) in [5.41, 5.74) is 7.71. The Bertz CT molecular complexity index is 681. The van der Waals surface area contributed by atoms with Crippen LogP contribution in [0.4, 0.5) is 11.4 Å². The Morgan fingerprint density at radius 2 is 1.25 bits per heavy atom. The van der Waals surface area contributed by atoms with Crippen LogP contribution in [0.5, 0.6) is 0 Å². The second-order valence-corrected chi connectivity index (χ2v) is 8.31. The second kappa shape index (κ2) is 6.60. The van der Waals surface area contributed by atoms with Crippen LogP contribution in [0.1, 0.15) is 56.9 Å². The van der Waals surface area contributed by atoms with Gasteiger partial charge in [0.05, 0.1) is 0 Å². The lowest BCUT2D eigenvalue weighted by Gasteiger charge is -2.27. The van der Waals surface area contributed by atoms with E-state index < -0.39 is 0 Å². The molecule has 2 rings (SSSR count). The summed E-state index contributed by atoms with van der Waals surface area (Å²) in [6, 6.07) is 13.3. The minimum Gasteiger partial charge on any atom is -0.355 e. The van der Waals surface area contributed by atoms with Gasteiger partial charge in [0.1, 0.15) is 0 Å². The summed E-state index contributed by atoms with van der Waals surface area (Å²) in [5.74, 6) is 0. The maximum absolute atomic E-state index is 3.60. The molecular formula is C22H32N2. The summed E-state index contributed by atoms with van der Waals surface area (Å²) in [6.07, 6.45) is 0. The van der Waals surface area contributed by atoms with E-state index in [0.717, 1.165) is 5.69 Å². The molecule has 0 saturated heterocycles. The lowest BCUT2D eigenvalue weighted by molar-refractivity contribution is 0.444. The third-order valence-electron chi connectivity index (χ3n) is 4.90. The summed E-state index contributed by atoms with van der Waals surface area (Å²) < 4.78 is 0. The predicted molar refractivity (Wildman–Crippen MR) is 106 cm³/mol. The fraction of sp³-hybridized carbons (Fsp3) is 0.455. The first kappa shape index (κ1) is 18.5. The van der Waals surface area contributed by atoms with E-state index in [4.69, 9.17) is 0 Å². The van der Waals surface area contributed by atoms with Crippen LogP contribution in [-0.2, 0) is 11.0 Å². The van der Waals surface area contributed by atoms with Crippen molar-refractivity contribution < 1.29 is 0 Å². The molecule has 2 nitrogen and oxygen atoms in total. The van der Waals surface area contributed by atoms with Gasteiger partial charge >= 0.3 is 0 Å². The summed E-state index contributed by atoms with van der Waals surface area (Å²) in [7, 11) is 2.01. The fourth-order valence-electron chi connectivity index (χ4n) is 2.86. The quantitative estimate of drug-likeness (QED) is 0.743. The molecule has 0 aliphatic carbocycles. The molecule has 130 valence electrons. The van der Waals surface area contributed by atoms with Crippen LogP contribution >= 0.6 is 0 Å². The van der Waals surface area contributed by atoms with Gasteiger partial charge in [0.2, 0.25) is 0 Å². The maximum atomic E-state index is 3.60. The van der Waals surface area contributed by atoms with Crippen molar-refractivity contribution in [3.63, 3.8) is 0 Å². The van der Waals surface area contributed by atoms with Crippen molar-refractivity contribution in [1.29, 1.82) is 0 Å². The molecule has 2 heteroatoms. The van der Waals surface area contributed by atoms with E-state index >= 15 is 0 Å². The van der Waals surface area contributed by atoms with E-state index in [-0.39, 0.29) is 11.0 Å². The molecule has 0 radical (unpaired) electrons. The zero-order chi connectivity index (χ0) is 18.1. The van der Waals surface area contributed by atoms with Gasteiger partial charge in [-0.05, 0) is 74.5 Å².